The Labute approximate surface area is 236 Å². The molecule has 3 aromatic rings. The predicted octanol–water partition coefficient (Wildman–Crippen LogP) is 4.23. The molecule has 0 unspecified atom stereocenters. The Morgan fingerprint density at radius 1 is 1.05 bits per heavy atom. The Morgan fingerprint density at radius 3 is 2.55 bits per heavy atom. The number of nitrogens with two attached hydrogens (primary N) is 1. The van der Waals surface area contributed by atoms with Gasteiger partial charge in [-0.05, 0) is 75.0 Å². The molecule has 3 saturated heterocycles. The minimum absolute atomic E-state index is 0.112. The van der Waals surface area contributed by atoms with E-state index in [4.69, 9.17) is 15.2 Å². The van der Waals surface area contributed by atoms with Crippen molar-refractivity contribution in [1.82, 2.24) is 19.4 Å². The van der Waals surface area contributed by atoms with E-state index in [1.54, 1.807) is 6.33 Å². The highest BCUT2D eigenvalue weighted by atomic mass is 32.2. The van der Waals surface area contributed by atoms with Crippen LogP contribution in [0.2, 0.25) is 0 Å². The van der Waals surface area contributed by atoms with Crippen molar-refractivity contribution in [2.24, 2.45) is 5.92 Å². The zero-order valence-electron chi connectivity index (χ0n) is 23.0. The normalized spacial score (nSPS) is 30.1. The molecule has 1 aliphatic carbocycles. The number of benzene rings is 1. The zero-order chi connectivity index (χ0) is 27.3. The first-order valence-electron chi connectivity index (χ1n) is 14.8. The Balaban J connectivity index is 1.08. The van der Waals surface area contributed by atoms with Crippen LogP contribution in [-0.4, -0.2) is 77.3 Å². The van der Waals surface area contributed by atoms with Crippen LogP contribution in [0.25, 0.3) is 22.2 Å². The van der Waals surface area contributed by atoms with E-state index in [2.05, 4.69) is 37.8 Å². The smallest absolute Gasteiger partial charge is 0.152 e. The molecule has 4 fully saturated rings. The first-order valence-corrected chi connectivity index (χ1v) is 16.6. The van der Waals surface area contributed by atoms with Crippen molar-refractivity contribution in [2.45, 2.75) is 69.1 Å². The molecule has 2 aromatic heterocycles. The molecule has 7 rings (SSSR count). The molecule has 3 aliphatic heterocycles. The number of fused-ring (bicyclic) bond motifs is 3. The van der Waals surface area contributed by atoms with E-state index in [0.717, 1.165) is 85.8 Å². The third-order valence-electron chi connectivity index (χ3n) is 9.71. The summed E-state index contributed by atoms with van der Waals surface area (Å²) in [6, 6.07) is 8.59. The number of aromatic nitrogens is 3. The van der Waals surface area contributed by atoms with Crippen LogP contribution < -0.4 is 10.5 Å². The average molecular weight is 566 g/mol. The van der Waals surface area contributed by atoms with E-state index in [1.165, 1.54) is 0 Å². The van der Waals surface area contributed by atoms with Gasteiger partial charge in [0, 0.05) is 37.4 Å². The standard InChI is InChI=1S/C30H39N5O4S/c31-28-27-26(22-2-1-3-25(16-22)38-19-30-10-8-24(39-30)9-11-30)18-35(29(27)33-20-32-28)23-6-4-21(5-7-23)17-34-12-14-40(36,37)15-13-34/h1-3,16,18,20-21,23-24H,4-15,17,19H2,(H2,31,32,33). The molecule has 1 saturated carbocycles. The highest BCUT2D eigenvalue weighted by Crippen LogP contribution is 2.44. The highest BCUT2D eigenvalue weighted by molar-refractivity contribution is 7.91. The van der Waals surface area contributed by atoms with Crippen molar-refractivity contribution in [3.8, 4) is 16.9 Å². The van der Waals surface area contributed by atoms with Crippen molar-refractivity contribution >= 4 is 26.7 Å². The summed E-state index contributed by atoms with van der Waals surface area (Å²) in [5.74, 6) is 2.53. The predicted molar refractivity (Wildman–Crippen MR) is 155 cm³/mol. The summed E-state index contributed by atoms with van der Waals surface area (Å²) in [6.07, 6.45) is 13.0. The molecule has 9 nitrogen and oxygen atoms in total. The number of rotatable bonds is 7. The maximum Gasteiger partial charge on any atom is 0.152 e. The van der Waals surface area contributed by atoms with E-state index in [9.17, 15) is 8.42 Å². The molecule has 0 spiro atoms. The summed E-state index contributed by atoms with van der Waals surface area (Å²) < 4.78 is 38.4. The number of hydrogen-bond donors (Lipinski definition) is 1. The lowest BCUT2D eigenvalue weighted by Crippen LogP contribution is -2.43. The lowest BCUT2D eigenvalue weighted by molar-refractivity contribution is -0.0198. The third kappa shape index (κ3) is 5.10. The molecule has 214 valence electrons. The minimum atomic E-state index is -2.84. The van der Waals surface area contributed by atoms with E-state index in [0.29, 0.717) is 55.1 Å². The summed E-state index contributed by atoms with van der Waals surface area (Å²) >= 11 is 0. The van der Waals surface area contributed by atoms with Crippen LogP contribution in [0.4, 0.5) is 5.82 Å². The van der Waals surface area contributed by atoms with Crippen LogP contribution >= 0.6 is 0 Å². The van der Waals surface area contributed by atoms with Gasteiger partial charge < -0.3 is 24.7 Å². The average Bonchev–Trinajstić information content (AvgIpc) is 3.68. The minimum Gasteiger partial charge on any atom is -0.491 e. The summed E-state index contributed by atoms with van der Waals surface area (Å²) in [7, 11) is -2.84. The quantitative estimate of drug-likeness (QED) is 0.453. The van der Waals surface area contributed by atoms with Crippen molar-refractivity contribution in [1.29, 1.82) is 0 Å². The van der Waals surface area contributed by atoms with Crippen molar-refractivity contribution in [3.63, 3.8) is 0 Å². The fourth-order valence-corrected chi connectivity index (χ4v) is 8.64. The second-order valence-corrected chi connectivity index (χ2v) is 14.7. The topological polar surface area (TPSA) is 113 Å². The van der Waals surface area contributed by atoms with E-state index >= 15 is 0 Å². The molecule has 4 aliphatic rings. The van der Waals surface area contributed by atoms with Gasteiger partial charge in [-0.1, -0.05) is 12.1 Å². The Morgan fingerprint density at radius 2 is 1.82 bits per heavy atom. The molecule has 2 N–H and O–H groups in total. The van der Waals surface area contributed by atoms with Crippen molar-refractivity contribution in [2.75, 3.05) is 43.5 Å². The van der Waals surface area contributed by atoms with Gasteiger partial charge in [0.25, 0.3) is 0 Å². The fraction of sp³-hybridized carbons (Fsp3) is 0.600. The van der Waals surface area contributed by atoms with Gasteiger partial charge in [0.15, 0.2) is 9.84 Å². The van der Waals surface area contributed by atoms with Gasteiger partial charge in [0.2, 0.25) is 0 Å². The SMILES string of the molecule is Nc1ncnc2c1c(-c1cccc(OCC34CCC(CC3)O4)c1)cn2C1CCC(CN2CCS(=O)(=O)CC2)CC1. The van der Waals surface area contributed by atoms with Gasteiger partial charge in [-0.2, -0.15) is 0 Å². The second-order valence-electron chi connectivity index (χ2n) is 12.4. The first kappa shape index (κ1) is 26.2. The van der Waals surface area contributed by atoms with Crippen LogP contribution in [0.15, 0.2) is 36.8 Å². The number of ether oxygens (including phenoxy) is 2. The van der Waals surface area contributed by atoms with Crippen LogP contribution in [0, 0.1) is 5.92 Å². The molecular weight excluding hydrogens is 526 g/mol. The van der Waals surface area contributed by atoms with Crippen LogP contribution in [0.5, 0.6) is 5.75 Å². The Hall–Kier alpha value is -2.69. The van der Waals surface area contributed by atoms with Gasteiger partial charge in [0.05, 0.1) is 23.0 Å². The third-order valence-corrected chi connectivity index (χ3v) is 11.3. The maximum atomic E-state index is 11.8. The lowest BCUT2D eigenvalue weighted by Gasteiger charge is -2.34. The van der Waals surface area contributed by atoms with Crippen LogP contribution in [-0.2, 0) is 14.6 Å². The van der Waals surface area contributed by atoms with E-state index in [-0.39, 0.29) is 5.60 Å². The molecule has 0 atom stereocenters. The molecule has 40 heavy (non-hydrogen) atoms. The first-order chi connectivity index (χ1) is 19.4. The molecule has 0 amide bonds. The number of hydrogen-bond acceptors (Lipinski definition) is 8. The monoisotopic (exact) mass is 565 g/mol. The second kappa shape index (κ2) is 10.3. The summed E-state index contributed by atoms with van der Waals surface area (Å²) in [5.41, 5.74) is 9.29. The highest BCUT2D eigenvalue weighted by Gasteiger charge is 2.46. The molecular formula is C30H39N5O4S. The molecule has 5 heterocycles. The Kier molecular flexibility index (Phi) is 6.75. The Bertz CT molecular complexity index is 1470. The zero-order valence-corrected chi connectivity index (χ0v) is 23.8. The summed E-state index contributed by atoms with van der Waals surface area (Å²) in [6.45, 7) is 2.92. The number of nitrogens with zero attached hydrogens (tertiary/aromatic N) is 4. The van der Waals surface area contributed by atoms with E-state index in [1.807, 2.05) is 12.1 Å². The molecule has 10 heteroatoms. The van der Waals surface area contributed by atoms with Crippen molar-refractivity contribution < 1.29 is 17.9 Å². The lowest BCUT2D eigenvalue weighted by atomic mass is 9.85. The number of anilines is 1. The van der Waals surface area contributed by atoms with Gasteiger partial charge in [-0.15, -0.1) is 0 Å². The molecule has 0 radical (unpaired) electrons. The van der Waals surface area contributed by atoms with Crippen molar-refractivity contribution in [3.05, 3.63) is 36.8 Å². The van der Waals surface area contributed by atoms with Gasteiger partial charge in [-0.25, -0.2) is 18.4 Å². The molecule has 1 aromatic carbocycles. The van der Waals surface area contributed by atoms with Crippen LogP contribution in [0.3, 0.4) is 0 Å². The van der Waals surface area contributed by atoms with Gasteiger partial charge >= 0.3 is 0 Å². The van der Waals surface area contributed by atoms with Crippen LogP contribution in [0.1, 0.15) is 57.4 Å². The van der Waals surface area contributed by atoms with Gasteiger partial charge in [-0.3, -0.25) is 0 Å². The largest absolute Gasteiger partial charge is 0.491 e. The summed E-state index contributed by atoms with van der Waals surface area (Å²) in [5, 5.41) is 0.896. The van der Waals surface area contributed by atoms with E-state index < -0.39 is 9.84 Å². The molecule has 2 bridgehead atoms. The number of sulfone groups is 1. The summed E-state index contributed by atoms with van der Waals surface area (Å²) in [4.78, 5) is 11.4. The fourth-order valence-electron chi connectivity index (χ4n) is 7.36. The van der Waals surface area contributed by atoms with Gasteiger partial charge in [0.1, 0.15) is 35.7 Å². The number of nitrogen functional groups attached to an aromatic ring is 1. The maximum absolute atomic E-state index is 11.8.